The van der Waals surface area contributed by atoms with Crippen molar-refractivity contribution in [1.82, 2.24) is 10.3 Å². The average Bonchev–Trinajstić information content (AvgIpc) is 2.12. The van der Waals surface area contributed by atoms with Crippen molar-refractivity contribution in [3.63, 3.8) is 0 Å². The molecule has 14 heavy (non-hydrogen) atoms. The Labute approximate surface area is 82.5 Å². The normalized spacial score (nSPS) is 16.0. The zero-order valence-electron chi connectivity index (χ0n) is 7.86. The third-order valence-electron chi connectivity index (χ3n) is 2.52. The quantitative estimate of drug-likeness (QED) is 0.731. The summed E-state index contributed by atoms with van der Waals surface area (Å²) in [5, 5.41) is 2.91. The van der Waals surface area contributed by atoms with Gasteiger partial charge in [-0.1, -0.05) is 0 Å². The second-order valence-corrected chi connectivity index (χ2v) is 3.54. The maximum atomic E-state index is 11.6. The van der Waals surface area contributed by atoms with Gasteiger partial charge in [-0.15, -0.1) is 0 Å². The Morgan fingerprint density at radius 1 is 1.57 bits per heavy atom. The Bertz CT molecular complexity index is 347. The number of carbonyl (C=O) groups is 1. The molecule has 1 aromatic heterocycles. The number of anilines is 1. The van der Waals surface area contributed by atoms with Crippen molar-refractivity contribution in [3.05, 3.63) is 23.9 Å². The Balaban J connectivity index is 2.06. The van der Waals surface area contributed by atoms with E-state index in [0.717, 1.165) is 12.8 Å². The van der Waals surface area contributed by atoms with E-state index in [9.17, 15) is 4.79 Å². The molecule has 0 saturated heterocycles. The molecule has 1 amide bonds. The molecule has 0 spiro atoms. The van der Waals surface area contributed by atoms with Crippen LogP contribution in [0, 0.1) is 0 Å². The van der Waals surface area contributed by atoms with Crippen molar-refractivity contribution < 1.29 is 4.79 Å². The maximum Gasteiger partial charge on any atom is 0.255 e. The molecule has 0 aromatic carbocycles. The van der Waals surface area contributed by atoms with E-state index in [1.54, 1.807) is 18.3 Å². The Morgan fingerprint density at radius 3 is 2.93 bits per heavy atom. The fourth-order valence-corrected chi connectivity index (χ4v) is 1.43. The lowest BCUT2D eigenvalue weighted by Gasteiger charge is -2.26. The average molecular weight is 191 g/mol. The summed E-state index contributed by atoms with van der Waals surface area (Å²) in [6.07, 6.45) is 4.93. The number of amides is 1. The van der Waals surface area contributed by atoms with E-state index >= 15 is 0 Å². The highest BCUT2D eigenvalue weighted by molar-refractivity contribution is 5.98. The molecular formula is C10H13N3O. The van der Waals surface area contributed by atoms with Gasteiger partial charge < -0.3 is 11.1 Å². The zero-order chi connectivity index (χ0) is 9.97. The van der Waals surface area contributed by atoms with Crippen molar-refractivity contribution >= 4 is 11.7 Å². The number of hydrogen-bond donors (Lipinski definition) is 2. The Morgan fingerprint density at radius 2 is 2.36 bits per heavy atom. The molecule has 1 aliphatic carbocycles. The molecule has 1 fully saturated rings. The predicted molar refractivity (Wildman–Crippen MR) is 53.8 cm³/mol. The van der Waals surface area contributed by atoms with Gasteiger partial charge in [0, 0.05) is 12.2 Å². The van der Waals surface area contributed by atoms with Crippen LogP contribution in [-0.2, 0) is 0 Å². The highest BCUT2D eigenvalue weighted by Gasteiger charge is 2.20. The van der Waals surface area contributed by atoms with E-state index in [1.165, 1.54) is 6.42 Å². The van der Waals surface area contributed by atoms with Gasteiger partial charge in [0.15, 0.2) is 0 Å². The van der Waals surface area contributed by atoms with Crippen molar-refractivity contribution in [2.24, 2.45) is 0 Å². The maximum absolute atomic E-state index is 11.6. The van der Waals surface area contributed by atoms with Gasteiger partial charge in [-0.25, -0.2) is 4.98 Å². The van der Waals surface area contributed by atoms with Crippen molar-refractivity contribution in [2.45, 2.75) is 25.3 Å². The highest BCUT2D eigenvalue weighted by Crippen LogP contribution is 2.19. The molecule has 1 aliphatic rings. The molecule has 74 valence electrons. The van der Waals surface area contributed by atoms with Gasteiger partial charge in [0.25, 0.3) is 5.91 Å². The number of nitrogen functional groups attached to an aromatic ring is 1. The van der Waals surface area contributed by atoms with Gasteiger partial charge in [0.1, 0.15) is 5.82 Å². The van der Waals surface area contributed by atoms with Crippen molar-refractivity contribution in [2.75, 3.05) is 5.73 Å². The summed E-state index contributed by atoms with van der Waals surface area (Å²) in [6.45, 7) is 0. The first-order valence-electron chi connectivity index (χ1n) is 4.79. The van der Waals surface area contributed by atoms with E-state index < -0.39 is 0 Å². The summed E-state index contributed by atoms with van der Waals surface area (Å²) < 4.78 is 0. The van der Waals surface area contributed by atoms with Crippen LogP contribution in [0.25, 0.3) is 0 Å². The second-order valence-electron chi connectivity index (χ2n) is 3.54. The molecule has 0 bridgehead atoms. The molecule has 1 heterocycles. The third-order valence-corrected chi connectivity index (χ3v) is 2.52. The minimum Gasteiger partial charge on any atom is -0.383 e. The number of nitrogens with zero attached hydrogens (tertiary/aromatic N) is 1. The van der Waals surface area contributed by atoms with Crippen LogP contribution in [0.15, 0.2) is 18.3 Å². The summed E-state index contributed by atoms with van der Waals surface area (Å²) in [4.78, 5) is 15.5. The lowest BCUT2D eigenvalue weighted by Crippen LogP contribution is -2.39. The molecule has 0 unspecified atom stereocenters. The first kappa shape index (κ1) is 8.99. The molecule has 0 atom stereocenters. The van der Waals surface area contributed by atoms with Crippen LogP contribution >= 0.6 is 0 Å². The lowest BCUT2D eigenvalue weighted by molar-refractivity contribution is 0.0917. The van der Waals surface area contributed by atoms with E-state index in [0.29, 0.717) is 17.4 Å². The summed E-state index contributed by atoms with van der Waals surface area (Å²) in [7, 11) is 0. The van der Waals surface area contributed by atoms with Crippen LogP contribution in [-0.4, -0.2) is 16.9 Å². The number of carbonyl (C=O) groups excluding carboxylic acids is 1. The lowest BCUT2D eigenvalue weighted by atomic mass is 9.93. The number of hydrogen-bond acceptors (Lipinski definition) is 3. The second kappa shape index (κ2) is 3.65. The third kappa shape index (κ3) is 1.69. The summed E-state index contributed by atoms with van der Waals surface area (Å²) in [5.74, 6) is 0.185. The van der Waals surface area contributed by atoms with Crippen molar-refractivity contribution in [3.8, 4) is 0 Å². The Hall–Kier alpha value is -1.58. The van der Waals surface area contributed by atoms with Crippen LogP contribution in [0.1, 0.15) is 29.6 Å². The van der Waals surface area contributed by atoms with Crippen LogP contribution in [0.4, 0.5) is 5.82 Å². The fraction of sp³-hybridized carbons (Fsp3) is 0.400. The smallest absolute Gasteiger partial charge is 0.255 e. The van der Waals surface area contributed by atoms with E-state index in [4.69, 9.17) is 5.73 Å². The highest BCUT2D eigenvalue weighted by atomic mass is 16.1. The molecular weight excluding hydrogens is 178 g/mol. The van der Waals surface area contributed by atoms with Gasteiger partial charge >= 0.3 is 0 Å². The van der Waals surface area contributed by atoms with Crippen molar-refractivity contribution in [1.29, 1.82) is 0 Å². The number of rotatable bonds is 2. The van der Waals surface area contributed by atoms with Gasteiger partial charge in [0.05, 0.1) is 5.56 Å². The predicted octanol–water partition coefficient (Wildman–Crippen LogP) is 0.946. The van der Waals surface area contributed by atoms with Crippen LogP contribution < -0.4 is 11.1 Å². The number of pyridine rings is 1. The van der Waals surface area contributed by atoms with Gasteiger partial charge in [-0.2, -0.15) is 0 Å². The van der Waals surface area contributed by atoms with E-state index in [2.05, 4.69) is 10.3 Å². The molecule has 4 heteroatoms. The molecule has 0 aliphatic heterocycles. The summed E-state index contributed by atoms with van der Waals surface area (Å²) in [5.41, 5.74) is 6.06. The first-order chi connectivity index (χ1) is 6.77. The summed E-state index contributed by atoms with van der Waals surface area (Å²) in [6, 6.07) is 3.74. The minimum absolute atomic E-state index is 0.111. The fourth-order valence-electron chi connectivity index (χ4n) is 1.43. The van der Waals surface area contributed by atoms with E-state index in [-0.39, 0.29) is 5.91 Å². The van der Waals surface area contributed by atoms with Crippen LogP contribution in [0.3, 0.4) is 0 Å². The van der Waals surface area contributed by atoms with Crippen LogP contribution in [0.2, 0.25) is 0 Å². The zero-order valence-corrected chi connectivity index (χ0v) is 7.86. The summed E-state index contributed by atoms with van der Waals surface area (Å²) >= 11 is 0. The van der Waals surface area contributed by atoms with Crippen LogP contribution in [0.5, 0.6) is 0 Å². The molecule has 2 rings (SSSR count). The molecule has 1 saturated carbocycles. The number of aromatic nitrogens is 1. The largest absolute Gasteiger partial charge is 0.383 e. The molecule has 3 N–H and O–H groups in total. The first-order valence-corrected chi connectivity index (χ1v) is 4.79. The monoisotopic (exact) mass is 191 g/mol. The van der Waals surface area contributed by atoms with Gasteiger partial charge in [0.2, 0.25) is 0 Å². The topological polar surface area (TPSA) is 68.0 Å². The SMILES string of the molecule is Nc1ncccc1C(=O)NC1CCC1. The van der Waals surface area contributed by atoms with Gasteiger partial charge in [-0.3, -0.25) is 4.79 Å². The minimum atomic E-state index is -0.111. The van der Waals surface area contributed by atoms with E-state index in [1.807, 2.05) is 0 Å². The van der Waals surface area contributed by atoms with Gasteiger partial charge in [-0.05, 0) is 31.4 Å². The molecule has 4 nitrogen and oxygen atoms in total. The molecule has 0 radical (unpaired) electrons. The molecule has 1 aromatic rings. The Kier molecular flexibility index (Phi) is 2.35. The number of nitrogens with two attached hydrogens (primary N) is 1. The standard InChI is InChI=1S/C10H13N3O/c11-9-8(5-2-6-12-9)10(14)13-7-3-1-4-7/h2,5-7H,1,3-4H2,(H2,11,12)(H,13,14). The number of nitrogens with one attached hydrogen (secondary N) is 1.